The van der Waals surface area contributed by atoms with Crippen molar-refractivity contribution in [3.8, 4) is 0 Å². The normalized spacial score (nSPS) is 12.0. The van der Waals surface area contributed by atoms with Crippen molar-refractivity contribution in [1.82, 2.24) is 9.97 Å². The Labute approximate surface area is 139 Å². The highest BCUT2D eigenvalue weighted by Crippen LogP contribution is 2.12. The van der Waals surface area contributed by atoms with E-state index in [1.165, 1.54) is 0 Å². The van der Waals surface area contributed by atoms with E-state index in [0.717, 1.165) is 45.8 Å². The topological polar surface area (TPSA) is 65.8 Å². The van der Waals surface area contributed by atoms with Crippen LogP contribution in [0.3, 0.4) is 0 Å². The van der Waals surface area contributed by atoms with Crippen LogP contribution in [0.1, 0.15) is 22.6 Å². The molecule has 0 aliphatic rings. The lowest BCUT2D eigenvalue weighted by Crippen LogP contribution is -2.69. The molecule has 2 aromatic rings. The molecule has 0 aliphatic carbocycles. The number of nitrogens with two attached hydrogens (primary N) is 1. The molecule has 0 saturated carbocycles. The summed E-state index contributed by atoms with van der Waals surface area (Å²) in [5.41, 5.74) is 10.8. The second-order valence-electron chi connectivity index (χ2n) is 5.10. The van der Waals surface area contributed by atoms with Crippen LogP contribution in [0.2, 0.25) is 0 Å². The first-order valence-corrected chi connectivity index (χ1v) is 7.92. The van der Waals surface area contributed by atoms with E-state index in [1.807, 2.05) is 50.4 Å². The van der Waals surface area contributed by atoms with Crippen molar-refractivity contribution in [2.24, 2.45) is 5.73 Å². The number of pyridine rings is 2. The van der Waals surface area contributed by atoms with E-state index in [2.05, 4.69) is 30.9 Å². The zero-order chi connectivity index (χ0) is 15.9. The Hall–Kier alpha value is -2.01. The van der Waals surface area contributed by atoms with E-state index in [1.54, 1.807) is 6.20 Å². The molecule has 5 heteroatoms. The number of hydrogen-bond donors (Lipinski definition) is 2. The van der Waals surface area contributed by atoms with Gasteiger partial charge in [0.2, 0.25) is 0 Å². The van der Waals surface area contributed by atoms with Gasteiger partial charge in [0, 0.05) is 51.5 Å². The molecule has 0 amide bonds. The molecule has 0 aromatic carbocycles. The van der Waals surface area contributed by atoms with Gasteiger partial charge in [-0.1, -0.05) is 15.9 Å². The molecule has 0 atom stereocenters. The molecule has 0 aliphatic heterocycles. The number of hydrogen-bond acceptors (Lipinski definition) is 3. The van der Waals surface area contributed by atoms with Crippen LogP contribution >= 0.6 is 15.9 Å². The minimum absolute atomic E-state index is 0.717. The van der Waals surface area contributed by atoms with Crippen LogP contribution in [-0.2, 0) is 6.42 Å². The average Bonchev–Trinajstić information content (AvgIpc) is 2.45. The van der Waals surface area contributed by atoms with Gasteiger partial charge in [-0.2, -0.15) is 0 Å². The summed E-state index contributed by atoms with van der Waals surface area (Å²) in [6.07, 6.45) is 6.36. The van der Waals surface area contributed by atoms with E-state index in [4.69, 9.17) is 5.73 Å². The van der Waals surface area contributed by atoms with Gasteiger partial charge in [-0.05, 0) is 38.1 Å². The third-order valence-electron chi connectivity index (χ3n) is 3.11. The Bertz CT molecular complexity index is 687. The van der Waals surface area contributed by atoms with E-state index in [-0.39, 0.29) is 0 Å². The average molecular weight is 360 g/mol. The molecule has 2 rings (SSSR count). The van der Waals surface area contributed by atoms with Gasteiger partial charge in [-0.3, -0.25) is 9.97 Å². The maximum Gasteiger partial charge on any atom is 0.163 e. The van der Waals surface area contributed by atoms with E-state index in [0.29, 0.717) is 0 Å². The first kappa shape index (κ1) is 16.4. The number of aryl methyl sites for hydroxylation is 2. The molecule has 0 unspecified atom stereocenters. The number of nitrogens with zero attached hydrogens (tertiary/aromatic N) is 2. The summed E-state index contributed by atoms with van der Waals surface area (Å²) in [6.45, 7) is 4.75. The van der Waals surface area contributed by atoms with Crippen LogP contribution in [0.25, 0.3) is 5.70 Å². The molecule has 0 radical (unpaired) electrons. The molecule has 0 fully saturated rings. The van der Waals surface area contributed by atoms with Crippen LogP contribution < -0.4 is 10.7 Å². The lowest BCUT2D eigenvalue weighted by molar-refractivity contribution is -0.450. The Kier molecular flexibility index (Phi) is 5.83. The number of allylic oxidation sites excluding steroid dienone is 1. The van der Waals surface area contributed by atoms with Gasteiger partial charge in [0.05, 0.1) is 0 Å². The predicted molar refractivity (Wildman–Crippen MR) is 93.4 cm³/mol. The molecule has 0 spiro atoms. The second-order valence-corrected chi connectivity index (χ2v) is 6.01. The van der Waals surface area contributed by atoms with Gasteiger partial charge in [-0.25, -0.2) is 4.99 Å². The molecule has 0 bridgehead atoms. The van der Waals surface area contributed by atoms with E-state index < -0.39 is 0 Å². The van der Waals surface area contributed by atoms with Crippen LogP contribution in [0.4, 0.5) is 0 Å². The van der Waals surface area contributed by atoms with Gasteiger partial charge in [0.25, 0.3) is 0 Å². The molecular formula is C17H20BrN4+. The van der Waals surface area contributed by atoms with Gasteiger partial charge >= 0.3 is 0 Å². The molecule has 2 aromatic heterocycles. The summed E-state index contributed by atoms with van der Waals surface area (Å²) in [4.78, 5) is 11.9. The predicted octanol–water partition coefficient (Wildman–Crippen LogP) is 1.55. The SMILES string of the molecule is Cc1cc(C(N)=CC=[NH+]CCc2cc(Br)cc(C)n2)ccn1. The summed E-state index contributed by atoms with van der Waals surface area (Å²) in [5.74, 6) is 0. The summed E-state index contributed by atoms with van der Waals surface area (Å²) in [7, 11) is 0. The van der Waals surface area contributed by atoms with Gasteiger partial charge in [0.1, 0.15) is 6.54 Å². The Balaban J connectivity index is 1.91. The lowest BCUT2D eigenvalue weighted by Gasteiger charge is -2.00. The maximum absolute atomic E-state index is 6.04. The zero-order valence-electron chi connectivity index (χ0n) is 12.8. The van der Waals surface area contributed by atoms with Gasteiger partial charge in [0.15, 0.2) is 6.21 Å². The highest BCUT2D eigenvalue weighted by Gasteiger charge is 2.00. The van der Waals surface area contributed by atoms with Crippen molar-refractivity contribution in [2.45, 2.75) is 20.3 Å². The zero-order valence-corrected chi connectivity index (χ0v) is 14.4. The first-order valence-electron chi connectivity index (χ1n) is 7.13. The third-order valence-corrected chi connectivity index (χ3v) is 3.57. The number of nitrogens with one attached hydrogen (secondary N) is 1. The van der Waals surface area contributed by atoms with Crippen LogP contribution in [0.15, 0.2) is 41.0 Å². The Morgan fingerprint density at radius 1 is 1.27 bits per heavy atom. The molecule has 3 N–H and O–H groups in total. The quantitative estimate of drug-likeness (QED) is 0.796. The van der Waals surface area contributed by atoms with Crippen LogP contribution in [-0.4, -0.2) is 22.7 Å². The molecule has 22 heavy (non-hydrogen) atoms. The number of halogens is 1. The van der Waals surface area contributed by atoms with Crippen molar-refractivity contribution in [2.75, 3.05) is 6.54 Å². The van der Waals surface area contributed by atoms with E-state index in [9.17, 15) is 0 Å². The molecule has 4 nitrogen and oxygen atoms in total. The molecule has 114 valence electrons. The van der Waals surface area contributed by atoms with Gasteiger partial charge in [-0.15, -0.1) is 0 Å². The largest absolute Gasteiger partial charge is 0.398 e. The molecular weight excluding hydrogens is 340 g/mol. The summed E-state index contributed by atoms with van der Waals surface area (Å²) in [5, 5.41) is 0. The van der Waals surface area contributed by atoms with Crippen molar-refractivity contribution in [3.63, 3.8) is 0 Å². The van der Waals surface area contributed by atoms with Gasteiger partial charge < -0.3 is 5.73 Å². The standard InChI is InChI=1S/C17H19BrN4/c1-12-9-14(3-8-21-12)17(19)5-7-20-6-4-16-11-15(18)10-13(2)22-16/h3,5,7-11H,4,6,19H2,1-2H3/p+1. The van der Waals surface area contributed by atoms with E-state index >= 15 is 0 Å². The van der Waals surface area contributed by atoms with Crippen LogP contribution in [0, 0.1) is 13.8 Å². The van der Waals surface area contributed by atoms with Crippen molar-refractivity contribution in [3.05, 3.63) is 63.7 Å². The fourth-order valence-electron chi connectivity index (χ4n) is 2.07. The highest BCUT2D eigenvalue weighted by molar-refractivity contribution is 9.10. The summed E-state index contributed by atoms with van der Waals surface area (Å²) in [6, 6.07) is 7.91. The smallest absolute Gasteiger partial charge is 0.163 e. The fraction of sp³-hybridized carbons (Fsp3) is 0.235. The fourth-order valence-corrected chi connectivity index (χ4v) is 2.67. The second kappa shape index (κ2) is 7.84. The highest BCUT2D eigenvalue weighted by atomic mass is 79.9. The van der Waals surface area contributed by atoms with Crippen molar-refractivity contribution >= 4 is 27.8 Å². The Morgan fingerprint density at radius 2 is 2.09 bits per heavy atom. The lowest BCUT2D eigenvalue weighted by atomic mass is 10.2. The maximum atomic E-state index is 6.04. The monoisotopic (exact) mass is 359 g/mol. The number of rotatable bonds is 5. The first-order chi connectivity index (χ1) is 10.5. The molecule has 0 saturated heterocycles. The minimum atomic E-state index is 0.717. The minimum Gasteiger partial charge on any atom is -0.398 e. The summed E-state index contributed by atoms with van der Waals surface area (Å²) < 4.78 is 1.07. The molecule has 2 heterocycles. The van der Waals surface area contributed by atoms with Crippen LogP contribution in [0.5, 0.6) is 0 Å². The third kappa shape index (κ3) is 5.07. The van der Waals surface area contributed by atoms with Crippen molar-refractivity contribution in [1.29, 1.82) is 0 Å². The summed E-state index contributed by atoms with van der Waals surface area (Å²) >= 11 is 3.49. The number of aromatic nitrogens is 2. The Morgan fingerprint density at radius 3 is 2.82 bits per heavy atom. The van der Waals surface area contributed by atoms with Crippen molar-refractivity contribution < 1.29 is 4.99 Å².